The minimum absolute atomic E-state index is 0.200. The Labute approximate surface area is 138 Å². The largest absolute Gasteiger partial charge is 0.340 e. The second-order valence-corrected chi connectivity index (χ2v) is 8.34. The highest BCUT2D eigenvalue weighted by Gasteiger charge is 2.33. The Morgan fingerprint density at radius 1 is 1.16 bits per heavy atom. The third-order valence-electron chi connectivity index (χ3n) is 2.36. The molecule has 7 heteroatoms. The van der Waals surface area contributed by atoms with Crippen LogP contribution in [0.2, 0.25) is 10.0 Å². The highest BCUT2D eigenvalue weighted by molar-refractivity contribution is 9.25. The summed E-state index contributed by atoms with van der Waals surface area (Å²) in [6.45, 7) is 3.24. The zero-order chi connectivity index (χ0) is 14.8. The summed E-state index contributed by atoms with van der Waals surface area (Å²) in [5, 5.41) is 3.37. The van der Waals surface area contributed by atoms with Gasteiger partial charge in [-0.2, -0.15) is 0 Å². The molecule has 0 aliphatic rings. The Kier molecular flexibility index (Phi) is 5.86. The first-order chi connectivity index (χ1) is 8.63. The van der Waals surface area contributed by atoms with Gasteiger partial charge in [0.05, 0.1) is 5.54 Å². The van der Waals surface area contributed by atoms with Crippen molar-refractivity contribution in [1.29, 1.82) is 0 Å². The Hall–Kier alpha value is -0.100. The van der Waals surface area contributed by atoms with Gasteiger partial charge in [-0.3, -0.25) is 9.59 Å². The number of carbonyl (C=O) groups excluding carboxylic acids is 2. The standard InChI is InChI=1S/C12H11Br2Cl2NO2/c1-12(2,9(18)10(13)14)17-11(19)6-3-7(15)5-8(16)4-6/h3-5,10H,1-2H3,(H,17,19). The molecular formula is C12H11Br2Cl2NO2. The number of hydrogen-bond acceptors (Lipinski definition) is 2. The highest BCUT2D eigenvalue weighted by Crippen LogP contribution is 2.21. The number of alkyl halides is 2. The molecule has 0 saturated carbocycles. The number of benzene rings is 1. The van der Waals surface area contributed by atoms with Gasteiger partial charge in [0.25, 0.3) is 5.91 Å². The zero-order valence-corrected chi connectivity index (χ0v) is 14.8. The number of rotatable bonds is 4. The summed E-state index contributed by atoms with van der Waals surface area (Å²) in [6, 6.07) is 4.51. The summed E-state index contributed by atoms with van der Waals surface area (Å²) in [5.41, 5.74) is -0.720. The van der Waals surface area contributed by atoms with Crippen LogP contribution in [0.3, 0.4) is 0 Å². The quantitative estimate of drug-likeness (QED) is 0.727. The van der Waals surface area contributed by atoms with Crippen molar-refractivity contribution >= 4 is 66.8 Å². The highest BCUT2D eigenvalue weighted by atomic mass is 79.9. The molecule has 0 aromatic heterocycles. The molecule has 19 heavy (non-hydrogen) atoms. The zero-order valence-electron chi connectivity index (χ0n) is 10.1. The van der Waals surface area contributed by atoms with Gasteiger partial charge >= 0.3 is 0 Å². The van der Waals surface area contributed by atoms with E-state index in [-0.39, 0.29) is 5.78 Å². The molecule has 0 fully saturated rings. The van der Waals surface area contributed by atoms with Crippen LogP contribution in [-0.2, 0) is 4.79 Å². The monoisotopic (exact) mass is 429 g/mol. The van der Waals surface area contributed by atoms with Crippen LogP contribution in [0, 0.1) is 0 Å². The van der Waals surface area contributed by atoms with Crippen molar-refractivity contribution in [1.82, 2.24) is 5.32 Å². The lowest BCUT2D eigenvalue weighted by atomic mass is 10.00. The molecule has 104 valence electrons. The molecule has 0 aliphatic heterocycles. The summed E-state index contributed by atoms with van der Waals surface area (Å²) < 4.78 is -0.529. The third kappa shape index (κ3) is 4.74. The number of Topliss-reactive ketones (excluding diaryl/α,β-unsaturated/α-hetero) is 1. The van der Waals surface area contributed by atoms with Gasteiger partial charge in [0.1, 0.15) is 3.74 Å². The second kappa shape index (κ2) is 6.57. The number of halogens is 4. The molecule has 1 N–H and O–H groups in total. The summed E-state index contributed by atoms with van der Waals surface area (Å²) in [4.78, 5) is 24.0. The predicted molar refractivity (Wildman–Crippen MR) is 84.7 cm³/mol. The fraction of sp³-hybridized carbons (Fsp3) is 0.333. The number of carbonyl (C=O) groups is 2. The van der Waals surface area contributed by atoms with Gasteiger partial charge in [-0.1, -0.05) is 55.1 Å². The van der Waals surface area contributed by atoms with Crippen molar-refractivity contribution in [3.8, 4) is 0 Å². The van der Waals surface area contributed by atoms with Crippen LogP contribution in [-0.4, -0.2) is 21.0 Å². The smallest absolute Gasteiger partial charge is 0.252 e. The Balaban J connectivity index is 2.93. The fourth-order valence-electron chi connectivity index (χ4n) is 1.38. The molecule has 0 heterocycles. The lowest BCUT2D eigenvalue weighted by Gasteiger charge is -2.25. The second-order valence-electron chi connectivity index (χ2n) is 4.40. The number of ketones is 1. The minimum Gasteiger partial charge on any atom is -0.340 e. The number of hydrogen-bond donors (Lipinski definition) is 1. The Morgan fingerprint density at radius 3 is 2.05 bits per heavy atom. The van der Waals surface area contributed by atoms with Crippen LogP contribution in [0.15, 0.2) is 18.2 Å². The maximum atomic E-state index is 12.1. The van der Waals surface area contributed by atoms with Crippen molar-refractivity contribution in [2.45, 2.75) is 23.1 Å². The first-order valence-electron chi connectivity index (χ1n) is 5.24. The van der Waals surface area contributed by atoms with Crippen molar-refractivity contribution in [2.75, 3.05) is 0 Å². The summed E-state index contributed by atoms with van der Waals surface area (Å²) in [7, 11) is 0. The van der Waals surface area contributed by atoms with E-state index in [1.807, 2.05) is 0 Å². The van der Waals surface area contributed by atoms with Crippen LogP contribution < -0.4 is 5.32 Å². The topological polar surface area (TPSA) is 46.2 Å². The molecule has 1 aromatic carbocycles. The van der Waals surface area contributed by atoms with Crippen LogP contribution >= 0.6 is 55.1 Å². The predicted octanol–water partition coefficient (Wildman–Crippen LogP) is 4.19. The van der Waals surface area contributed by atoms with E-state index in [4.69, 9.17) is 23.2 Å². The molecule has 0 aliphatic carbocycles. The number of nitrogens with one attached hydrogen (secondary N) is 1. The normalized spacial score (nSPS) is 11.5. The molecule has 0 bridgehead atoms. The molecule has 1 rings (SSSR count). The third-order valence-corrected chi connectivity index (χ3v) is 3.63. The van der Waals surface area contributed by atoms with Crippen molar-refractivity contribution < 1.29 is 9.59 Å². The van der Waals surface area contributed by atoms with Crippen LogP contribution in [0.4, 0.5) is 0 Å². The Bertz CT molecular complexity index is 498. The SMILES string of the molecule is CC(C)(NC(=O)c1cc(Cl)cc(Cl)c1)C(=O)C(Br)Br. The molecule has 0 spiro atoms. The van der Waals surface area contributed by atoms with E-state index in [2.05, 4.69) is 37.2 Å². The Morgan fingerprint density at radius 2 is 1.63 bits per heavy atom. The first kappa shape index (κ1) is 17.0. The van der Waals surface area contributed by atoms with E-state index in [0.29, 0.717) is 15.6 Å². The maximum Gasteiger partial charge on any atom is 0.252 e. The van der Waals surface area contributed by atoms with Crippen molar-refractivity contribution in [2.24, 2.45) is 0 Å². The van der Waals surface area contributed by atoms with Gasteiger partial charge < -0.3 is 5.32 Å². The lowest BCUT2D eigenvalue weighted by molar-refractivity contribution is -0.121. The molecule has 0 unspecified atom stereocenters. The molecular weight excluding hydrogens is 421 g/mol. The van der Waals surface area contributed by atoms with Crippen molar-refractivity contribution in [3.63, 3.8) is 0 Å². The van der Waals surface area contributed by atoms with Gasteiger partial charge in [0.2, 0.25) is 0 Å². The van der Waals surface area contributed by atoms with Crippen LogP contribution in [0.1, 0.15) is 24.2 Å². The van der Waals surface area contributed by atoms with Gasteiger partial charge in [-0.25, -0.2) is 0 Å². The molecule has 0 saturated heterocycles. The summed E-state index contributed by atoms with van der Waals surface area (Å²) in [6.07, 6.45) is 0. The minimum atomic E-state index is -1.02. The fourth-order valence-corrected chi connectivity index (χ4v) is 3.05. The summed E-state index contributed by atoms with van der Waals surface area (Å²) in [5.74, 6) is -0.614. The van der Waals surface area contributed by atoms with Crippen LogP contribution in [0.5, 0.6) is 0 Å². The maximum absolute atomic E-state index is 12.1. The molecule has 0 atom stereocenters. The van der Waals surface area contributed by atoms with Gasteiger partial charge in [0.15, 0.2) is 5.78 Å². The average Bonchev–Trinajstić information content (AvgIpc) is 2.25. The van der Waals surface area contributed by atoms with E-state index >= 15 is 0 Å². The molecule has 1 amide bonds. The van der Waals surface area contributed by atoms with E-state index < -0.39 is 15.2 Å². The van der Waals surface area contributed by atoms with Gasteiger partial charge in [0, 0.05) is 15.6 Å². The molecule has 1 aromatic rings. The number of amides is 1. The van der Waals surface area contributed by atoms with Gasteiger partial charge in [-0.05, 0) is 32.0 Å². The van der Waals surface area contributed by atoms with E-state index in [9.17, 15) is 9.59 Å². The van der Waals surface area contributed by atoms with E-state index in [0.717, 1.165) is 0 Å². The summed E-state index contributed by atoms with van der Waals surface area (Å²) >= 11 is 17.9. The average molecular weight is 432 g/mol. The first-order valence-corrected chi connectivity index (χ1v) is 7.83. The van der Waals surface area contributed by atoms with Crippen LogP contribution in [0.25, 0.3) is 0 Å². The molecule has 3 nitrogen and oxygen atoms in total. The molecule has 0 radical (unpaired) electrons. The van der Waals surface area contributed by atoms with Gasteiger partial charge in [-0.15, -0.1) is 0 Å². The van der Waals surface area contributed by atoms with E-state index in [1.165, 1.54) is 18.2 Å². The van der Waals surface area contributed by atoms with Crippen molar-refractivity contribution in [3.05, 3.63) is 33.8 Å². The lowest BCUT2D eigenvalue weighted by Crippen LogP contribution is -2.51. The van der Waals surface area contributed by atoms with E-state index in [1.54, 1.807) is 13.8 Å².